The van der Waals surface area contributed by atoms with Gasteiger partial charge in [0.05, 0.1) is 12.5 Å². The van der Waals surface area contributed by atoms with Crippen LogP contribution >= 0.6 is 0 Å². The molecule has 0 aliphatic heterocycles. The van der Waals surface area contributed by atoms with Crippen molar-refractivity contribution in [1.29, 1.82) is 0 Å². The van der Waals surface area contributed by atoms with E-state index in [4.69, 9.17) is 10.5 Å². The van der Waals surface area contributed by atoms with Crippen LogP contribution in [0.2, 0.25) is 0 Å². The lowest BCUT2D eigenvalue weighted by Crippen LogP contribution is -2.44. The molecule has 4 nitrogen and oxygen atoms in total. The first-order valence-electron chi connectivity index (χ1n) is 6.29. The highest BCUT2D eigenvalue weighted by atomic mass is 16.5. The molecular weight excluding hydrogens is 204 g/mol. The zero-order valence-corrected chi connectivity index (χ0v) is 10.0. The number of carbonyl (C=O) groups is 1. The quantitative estimate of drug-likeness (QED) is 0.752. The third kappa shape index (κ3) is 2.55. The van der Waals surface area contributed by atoms with Crippen molar-refractivity contribution < 1.29 is 9.53 Å². The van der Waals surface area contributed by atoms with Crippen LogP contribution in [0.4, 0.5) is 0 Å². The smallest absolute Gasteiger partial charge is 0.227 e. The summed E-state index contributed by atoms with van der Waals surface area (Å²) >= 11 is 0. The molecule has 2 aliphatic carbocycles. The summed E-state index contributed by atoms with van der Waals surface area (Å²) in [6.07, 6.45) is 5.37. The van der Waals surface area contributed by atoms with Crippen molar-refractivity contribution in [1.82, 2.24) is 4.90 Å². The average Bonchev–Trinajstić information content (AvgIpc) is 3.01. The van der Waals surface area contributed by atoms with Gasteiger partial charge in [-0.1, -0.05) is 6.42 Å². The van der Waals surface area contributed by atoms with Crippen LogP contribution in [0, 0.1) is 5.92 Å². The highest BCUT2D eigenvalue weighted by molar-refractivity contribution is 5.80. The summed E-state index contributed by atoms with van der Waals surface area (Å²) in [6.45, 7) is 1.35. The number of methoxy groups -OCH3 is 1. The molecule has 2 saturated carbocycles. The second-order valence-corrected chi connectivity index (χ2v) is 4.96. The van der Waals surface area contributed by atoms with Crippen LogP contribution in [0.25, 0.3) is 0 Å². The Morgan fingerprint density at radius 1 is 1.38 bits per heavy atom. The van der Waals surface area contributed by atoms with Crippen molar-refractivity contribution in [3.63, 3.8) is 0 Å². The van der Waals surface area contributed by atoms with E-state index >= 15 is 0 Å². The van der Waals surface area contributed by atoms with Crippen molar-refractivity contribution in [2.75, 3.05) is 20.3 Å². The largest absolute Gasteiger partial charge is 0.383 e. The van der Waals surface area contributed by atoms with Gasteiger partial charge in [0.1, 0.15) is 0 Å². The molecular formula is C12H22N2O2. The van der Waals surface area contributed by atoms with E-state index in [0.717, 1.165) is 38.6 Å². The van der Waals surface area contributed by atoms with Crippen LogP contribution in [0.1, 0.15) is 32.1 Å². The van der Waals surface area contributed by atoms with Gasteiger partial charge in [0.2, 0.25) is 5.91 Å². The summed E-state index contributed by atoms with van der Waals surface area (Å²) in [5, 5.41) is 0. The highest BCUT2D eigenvalue weighted by Gasteiger charge is 2.39. The van der Waals surface area contributed by atoms with E-state index in [1.807, 2.05) is 4.90 Å². The predicted octanol–water partition coefficient (Wildman–Crippen LogP) is 0.751. The number of amides is 1. The Kier molecular flexibility index (Phi) is 3.82. The number of carbonyl (C=O) groups excluding carboxylic acids is 1. The zero-order valence-electron chi connectivity index (χ0n) is 10.0. The molecule has 0 radical (unpaired) electrons. The number of nitrogens with zero attached hydrogens (tertiary/aromatic N) is 1. The third-order valence-corrected chi connectivity index (χ3v) is 3.69. The van der Waals surface area contributed by atoms with Gasteiger partial charge in [-0.15, -0.1) is 0 Å². The van der Waals surface area contributed by atoms with Crippen LogP contribution in [-0.2, 0) is 9.53 Å². The van der Waals surface area contributed by atoms with Gasteiger partial charge in [0, 0.05) is 25.7 Å². The minimum atomic E-state index is 0.0671. The molecule has 92 valence electrons. The molecule has 0 aromatic rings. The maximum absolute atomic E-state index is 12.3. The number of ether oxygens (including phenoxy) is 1. The predicted molar refractivity (Wildman–Crippen MR) is 61.9 cm³/mol. The molecule has 2 rings (SSSR count). The maximum Gasteiger partial charge on any atom is 0.227 e. The van der Waals surface area contributed by atoms with Crippen molar-refractivity contribution in [2.45, 2.75) is 44.2 Å². The molecule has 4 heteroatoms. The maximum atomic E-state index is 12.3. The molecule has 1 amide bonds. The Balaban J connectivity index is 1.93. The number of nitrogens with two attached hydrogens (primary N) is 1. The molecule has 0 bridgehead atoms. The molecule has 2 unspecified atom stereocenters. The van der Waals surface area contributed by atoms with Crippen molar-refractivity contribution >= 4 is 5.91 Å². The van der Waals surface area contributed by atoms with Gasteiger partial charge >= 0.3 is 0 Å². The lowest BCUT2D eigenvalue weighted by atomic mass is 10.0. The normalized spacial score (nSPS) is 29.4. The fourth-order valence-corrected chi connectivity index (χ4v) is 2.56. The summed E-state index contributed by atoms with van der Waals surface area (Å²) in [7, 11) is 1.68. The van der Waals surface area contributed by atoms with Gasteiger partial charge in [-0.3, -0.25) is 4.79 Å². The Morgan fingerprint density at radius 2 is 2.12 bits per heavy atom. The molecule has 0 spiro atoms. The van der Waals surface area contributed by atoms with Gasteiger partial charge in [0.25, 0.3) is 0 Å². The Hall–Kier alpha value is -0.610. The van der Waals surface area contributed by atoms with E-state index in [-0.39, 0.29) is 17.9 Å². The summed E-state index contributed by atoms with van der Waals surface area (Å²) in [5.74, 6) is 0.335. The van der Waals surface area contributed by atoms with Crippen molar-refractivity contribution in [2.24, 2.45) is 11.7 Å². The minimum Gasteiger partial charge on any atom is -0.383 e. The molecule has 0 aromatic heterocycles. The number of hydrogen-bond donors (Lipinski definition) is 1. The van der Waals surface area contributed by atoms with Crippen molar-refractivity contribution in [3.8, 4) is 0 Å². The Labute approximate surface area is 97.1 Å². The molecule has 2 atom stereocenters. The Bertz CT molecular complexity index is 253. The number of rotatable bonds is 5. The van der Waals surface area contributed by atoms with E-state index in [1.165, 1.54) is 0 Å². The van der Waals surface area contributed by atoms with E-state index in [9.17, 15) is 4.79 Å². The van der Waals surface area contributed by atoms with Crippen molar-refractivity contribution in [3.05, 3.63) is 0 Å². The molecule has 2 N–H and O–H groups in total. The number of hydrogen-bond acceptors (Lipinski definition) is 3. The Morgan fingerprint density at radius 3 is 2.62 bits per heavy atom. The lowest BCUT2D eigenvalue weighted by Gasteiger charge is -2.27. The average molecular weight is 226 g/mol. The zero-order chi connectivity index (χ0) is 11.5. The van der Waals surface area contributed by atoms with E-state index in [0.29, 0.717) is 12.6 Å². The van der Waals surface area contributed by atoms with Crippen LogP contribution in [0.5, 0.6) is 0 Å². The first kappa shape index (κ1) is 11.9. The topological polar surface area (TPSA) is 55.6 Å². The summed E-state index contributed by atoms with van der Waals surface area (Å²) < 4.78 is 5.06. The molecule has 2 fully saturated rings. The molecule has 16 heavy (non-hydrogen) atoms. The minimum absolute atomic E-state index is 0.0671. The molecule has 0 heterocycles. The van der Waals surface area contributed by atoms with Crippen LogP contribution in [0.3, 0.4) is 0 Å². The van der Waals surface area contributed by atoms with Crippen LogP contribution < -0.4 is 5.73 Å². The molecule has 2 aliphatic rings. The fourth-order valence-electron chi connectivity index (χ4n) is 2.56. The second-order valence-electron chi connectivity index (χ2n) is 4.96. The van der Waals surface area contributed by atoms with Gasteiger partial charge in [-0.25, -0.2) is 0 Å². The first-order chi connectivity index (χ1) is 7.74. The van der Waals surface area contributed by atoms with E-state index in [1.54, 1.807) is 7.11 Å². The molecule has 0 saturated heterocycles. The third-order valence-electron chi connectivity index (χ3n) is 3.69. The summed E-state index contributed by atoms with van der Waals surface area (Å²) in [4.78, 5) is 14.3. The second kappa shape index (κ2) is 5.15. The fraction of sp³-hybridized carbons (Fsp3) is 0.917. The first-order valence-corrected chi connectivity index (χ1v) is 6.29. The molecule has 0 aromatic carbocycles. The monoisotopic (exact) mass is 226 g/mol. The summed E-state index contributed by atoms with van der Waals surface area (Å²) in [6, 6.07) is 0.548. The summed E-state index contributed by atoms with van der Waals surface area (Å²) in [5.41, 5.74) is 5.99. The lowest BCUT2D eigenvalue weighted by molar-refractivity contribution is -0.137. The van der Waals surface area contributed by atoms with Gasteiger partial charge in [-0.05, 0) is 25.7 Å². The van der Waals surface area contributed by atoms with Gasteiger partial charge in [0.15, 0.2) is 0 Å². The van der Waals surface area contributed by atoms with E-state index < -0.39 is 0 Å². The van der Waals surface area contributed by atoms with Gasteiger partial charge in [-0.2, -0.15) is 0 Å². The highest BCUT2D eigenvalue weighted by Crippen LogP contribution is 2.32. The standard InChI is InChI=1S/C12H22N2O2/c1-16-8-7-14(9-5-6-9)12(15)10-3-2-4-11(10)13/h9-11H,2-8,13H2,1H3. The van der Waals surface area contributed by atoms with E-state index in [2.05, 4.69) is 0 Å². The van der Waals surface area contributed by atoms with Gasteiger partial charge < -0.3 is 15.4 Å². The van der Waals surface area contributed by atoms with Crippen LogP contribution in [0.15, 0.2) is 0 Å². The van der Waals surface area contributed by atoms with Crippen LogP contribution in [-0.4, -0.2) is 43.2 Å². The SMILES string of the molecule is COCCN(C(=O)C1CCCC1N)C1CC1.